The molecule has 0 aromatic heterocycles. The largest absolute Gasteiger partial charge is 0.0649 e. The molecule has 0 saturated heterocycles. The fraction of sp³-hybridized carbons (Fsp3) is 1.00. The van der Waals surface area contributed by atoms with Crippen molar-refractivity contribution >= 4 is 0 Å². The van der Waals surface area contributed by atoms with Gasteiger partial charge in [-0.3, -0.25) is 0 Å². The summed E-state index contributed by atoms with van der Waals surface area (Å²) >= 11 is 0. The Labute approximate surface area is 65.0 Å². The summed E-state index contributed by atoms with van der Waals surface area (Å²) in [6, 6.07) is 0. The summed E-state index contributed by atoms with van der Waals surface area (Å²) in [5.41, 5.74) is 0.584. The van der Waals surface area contributed by atoms with Gasteiger partial charge in [-0.25, -0.2) is 0 Å². The number of rotatable bonds is 3. The Balaban J connectivity index is 2.43. The molecule has 0 aliphatic heterocycles. The molecule has 0 amide bonds. The molecule has 1 aliphatic rings. The maximum atomic E-state index is 2.42. The van der Waals surface area contributed by atoms with Gasteiger partial charge in [0.25, 0.3) is 0 Å². The third-order valence-corrected chi connectivity index (χ3v) is 3.47. The summed E-state index contributed by atoms with van der Waals surface area (Å²) in [4.78, 5) is 0. The van der Waals surface area contributed by atoms with E-state index in [1.165, 1.54) is 19.3 Å². The van der Waals surface area contributed by atoms with Gasteiger partial charge in [-0.2, -0.15) is 0 Å². The highest BCUT2D eigenvalue weighted by Gasteiger charge is 2.36. The van der Waals surface area contributed by atoms with E-state index < -0.39 is 0 Å². The monoisotopic (exact) mass is 140 g/mol. The summed E-state index contributed by atoms with van der Waals surface area (Å²) in [6.07, 6.45) is 4.31. The molecule has 0 aromatic carbocycles. The molecule has 1 saturated carbocycles. The topological polar surface area (TPSA) is 0 Å². The molecule has 60 valence electrons. The van der Waals surface area contributed by atoms with Crippen molar-refractivity contribution in [2.24, 2.45) is 17.3 Å². The van der Waals surface area contributed by atoms with Gasteiger partial charge < -0.3 is 0 Å². The second-order valence-electron chi connectivity index (χ2n) is 4.47. The minimum atomic E-state index is 0.584. The Morgan fingerprint density at radius 1 is 1.40 bits per heavy atom. The summed E-state index contributed by atoms with van der Waals surface area (Å²) in [6.45, 7) is 9.52. The average Bonchev–Trinajstić information content (AvgIpc) is 2.68. The zero-order valence-corrected chi connectivity index (χ0v) is 7.78. The zero-order valence-electron chi connectivity index (χ0n) is 7.78. The molecule has 0 nitrogen and oxygen atoms in total. The van der Waals surface area contributed by atoms with E-state index in [4.69, 9.17) is 0 Å². The standard InChI is InChI=1S/C10H20/c1-5-10(3,4)8(2)9-6-7-9/h8-9H,5-7H2,1-4H3. The van der Waals surface area contributed by atoms with Crippen LogP contribution in [-0.4, -0.2) is 0 Å². The van der Waals surface area contributed by atoms with Crippen LogP contribution in [0.3, 0.4) is 0 Å². The van der Waals surface area contributed by atoms with Gasteiger partial charge in [-0.1, -0.05) is 34.1 Å². The van der Waals surface area contributed by atoms with Crippen LogP contribution in [0.4, 0.5) is 0 Å². The van der Waals surface area contributed by atoms with Gasteiger partial charge in [-0.15, -0.1) is 0 Å². The van der Waals surface area contributed by atoms with Gasteiger partial charge in [0, 0.05) is 0 Å². The molecule has 1 rings (SSSR count). The summed E-state index contributed by atoms with van der Waals surface area (Å²) in [5.74, 6) is 2.01. The smallest absolute Gasteiger partial charge is 0.0329 e. The Bertz CT molecular complexity index is 109. The van der Waals surface area contributed by atoms with Crippen LogP contribution in [0.15, 0.2) is 0 Å². The average molecular weight is 140 g/mol. The van der Waals surface area contributed by atoms with Crippen LogP contribution in [0, 0.1) is 17.3 Å². The lowest BCUT2D eigenvalue weighted by Gasteiger charge is -2.30. The molecular weight excluding hydrogens is 120 g/mol. The Kier molecular flexibility index (Phi) is 2.07. The van der Waals surface area contributed by atoms with Gasteiger partial charge >= 0.3 is 0 Å². The fourth-order valence-corrected chi connectivity index (χ4v) is 1.56. The van der Waals surface area contributed by atoms with E-state index in [1.807, 2.05) is 0 Å². The van der Waals surface area contributed by atoms with E-state index in [-0.39, 0.29) is 0 Å². The Morgan fingerprint density at radius 3 is 2.20 bits per heavy atom. The third kappa shape index (κ3) is 1.53. The molecule has 1 aliphatic carbocycles. The molecular formula is C10H20. The number of hydrogen-bond acceptors (Lipinski definition) is 0. The minimum Gasteiger partial charge on any atom is -0.0649 e. The first-order valence-electron chi connectivity index (χ1n) is 4.58. The van der Waals surface area contributed by atoms with E-state index in [2.05, 4.69) is 27.7 Å². The van der Waals surface area contributed by atoms with E-state index in [9.17, 15) is 0 Å². The molecule has 0 N–H and O–H groups in total. The first-order valence-corrected chi connectivity index (χ1v) is 4.58. The molecule has 10 heavy (non-hydrogen) atoms. The van der Waals surface area contributed by atoms with E-state index in [1.54, 1.807) is 0 Å². The normalized spacial score (nSPS) is 22.8. The predicted octanol–water partition coefficient (Wildman–Crippen LogP) is 3.47. The summed E-state index contributed by atoms with van der Waals surface area (Å²) < 4.78 is 0. The lowest BCUT2D eigenvalue weighted by molar-refractivity contribution is 0.196. The Morgan fingerprint density at radius 2 is 1.90 bits per heavy atom. The molecule has 1 atom stereocenters. The first-order chi connectivity index (χ1) is 4.58. The van der Waals surface area contributed by atoms with Crippen molar-refractivity contribution in [3.8, 4) is 0 Å². The van der Waals surface area contributed by atoms with Crippen LogP contribution in [-0.2, 0) is 0 Å². The van der Waals surface area contributed by atoms with E-state index in [0.717, 1.165) is 11.8 Å². The fourth-order valence-electron chi connectivity index (χ4n) is 1.56. The highest BCUT2D eigenvalue weighted by molar-refractivity contribution is 4.86. The van der Waals surface area contributed by atoms with Crippen LogP contribution >= 0.6 is 0 Å². The molecule has 1 unspecified atom stereocenters. The van der Waals surface area contributed by atoms with E-state index in [0.29, 0.717) is 5.41 Å². The highest BCUT2D eigenvalue weighted by Crippen LogP contribution is 2.46. The predicted molar refractivity (Wildman–Crippen MR) is 46.0 cm³/mol. The quantitative estimate of drug-likeness (QED) is 0.563. The molecule has 0 radical (unpaired) electrons. The maximum Gasteiger partial charge on any atom is -0.0329 e. The van der Waals surface area contributed by atoms with Gasteiger partial charge in [0.05, 0.1) is 0 Å². The van der Waals surface area contributed by atoms with Crippen molar-refractivity contribution in [3.63, 3.8) is 0 Å². The maximum absolute atomic E-state index is 2.42. The molecule has 1 fully saturated rings. The molecule has 0 heterocycles. The lowest BCUT2D eigenvalue weighted by Crippen LogP contribution is -2.21. The second kappa shape index (κ2) is 2.56. The van der Waals surface area contributed by atoms with Crippen molar-refractivity contribution in [2.75, 3.05) is 0 Å². The third-order valence-electron chi connectivity index (χ3n) is 3.47. The second-order valence-corrected chi connectivity index (χ2v) is 4.47. The zero-order chi connectivity index (χ0) is 7.78. The first kappa shape index (κ1) is 8.10. The summed E-state index contributed by atoms with van der Waals surface area (Å²) in [5, 5.41) is 0. The van der Waals surface area contributed by atoms with Crippen LogP contribution < -0.4 is 0 Å². The van der Waals surface area contributed by atoms with Gasteiger partial charge in [0.15, 0.2) is 0 Å². The molecule has 0 spiro atoms. The van der Waals surface area contributed by atoms with Crippen molar-refractivity contribution in [1.82, 2.24) is 0 Å². The van der Waals surface area contributed by atoms with Crippen LogP contribution in [0.2, 0.25) is 0 Å². The number of hydrogen-bond donors (Lipinski definition) is 0. The van der Waals surface area contributed by atoms with Crippen LogP contribution in [0.5, 0.6) is 0 Å². The van der Waals surface area contributed by atoms with Crippen LogP contribution in [0.1, 0.15) is 47.0 Å². The molecule has 0 aromatic rings. The molecule has 0 bridgehead atoms. The molecule has 0 heteroatoms. The van der Waals surface area contributed by atoms with Crippen LogP contribution in [0.25, 0.3) is 0 Å². The van der Waals surface area contributed by atoms with Gasteiger partial charge in [0.2, 0.25) is 0 Å². The van der Waals surface area contributed by atoms with Gasteiger partial charge in [-0.05, 0) is 30.1 Å². The highest BCUT2D eigenvalue weighted by atomic mass is 14.4. The lowest BCUT2D eigenvalue weighted by atomic mass is 9.75. The van der Waals surface area contributed by atoms with E-state index >= 15 is 0 Å². The van der Waals surface area contributed by atoms with Crippen molar-refractivity contribution in [3.05, 3.63) is 0 Å². The SMILES string of the molecule is CCC(C)(C)C(C)C1CC1. The van der Waals surface area contributed by atoms with Gasteiger partial charge in [0.1, 0.15) is 0 Å². The Hall–Kier alpha value is 0. The van der Waals surface area contributed by atoms with Crippen molar-refractivity contribution in [2.45, 2.75) is 47.0 Å². The summed E-state index contributed by atoms with van der Waals surface area (Å²) in [7, 11) is 0. The van der Waals surface area contributed by atoms with Crippen molar-refractivity contribution in [1.29, 1.82) is 0 Å². The minimum absolute atomic E-state index is 0.584. The van der Waals surface area contributed by atoms with Crippen molar-refractivity contribution < 1.29 is 0 Å².